The van der Waals surface area contributed by atoms with Gasteiger partial charge in [0.2, 0.25) is 0 Å². The van der Waals surface area contributed by atoms with Gasteiger partial charge in [0.15, 0.2) is 0 Å². The Hall–Kier alpha value is -0.800. The summed E-state index contributed by atoms with van der Waals surface area (Å²) in [5.41, 5.74) is 1.23. The van der Waals surface area contributed by atoms with Crippen LogP contribution in [0.3, 0.4) is 0 Å². The number of hydrogen-bond donors (Lipinski definition) is 2. The molecule has 0 unspecified atom stereocenters. The molecular weight excluding hydrogens is 164 g/mol. The molecule has 1 aliphatic heterocycles. The topological polar surface area (TPSA) is 37.2 Å². The Labute approximate surface area is 78.5 Å². The largest absolute Gasteiger partial charge is 0.472 e. The minimum Gasteiger partial charge on any atom is -0.472 e. The molecule has 0 atom stereocenters. The third kappa shape index (κ3) is 2.57. The third-order valence-electron chi connectivity index (χ3n) is 2.51. The van der Waals surface area contributed by atoms with Crippen molar-refractivity contribution in [2.24, 2.45) is 0 Å². The maximum Gasteiger partial charge on any atom is 0.0947 e. The first kappa shape index (κ1) is 8.78. The lowest BCUT2D eigenvalue weighted by Gasteiger charge is -2.23. The van der Waals surface area contributed by atoms with Crippen LogP contribution in [0.1, 0.15) is 18.4 Å². The van der Waals surface area contributed by atoms with Crippen molar-refractivity contribution >= 4 is 0 Å². The maximum atomic E-state index is 5.00. The molecule has 1 aromatic heterocycles. The fraction of sp³-hybridized carbons (Fsp3) is 0.600. The van der Waals surface area contributed by atoms with Gasteiger partial charge in [-0.3, -0.25) is 0 Å². The van der Waals surface area contributed by atoms with Gasteiger partial charge in [-0.2, -0.15) is 0 Å². The van der Waals surface area contributed by atoms with Crippen LogP contribution in [0, 0.1) is 0 Å². The summed E-state index contributed by atoms with van der Waals surface area (Å²) in [6.45, 7) is 3.22. The van der Waals surface area contributed by atoms with E-state index in [-0.39, 0.29) is 0 Å². The van der Waals surface area contributed by atoms with Gasteiger partial charge in [0.1, 0.15) is 0 Å². The number of furan rings is 1. The predicted octanol–water partition coefficient (Wildman–Crippen LogP) is 1.12. The zero-order valence-corrected chi connectivity index (χ0v) is 7.75. The highest BCUT2D eigenvalue weighted by molar-refractivity contribution is 5.04. The molecule has 72 valence electrons. The molecule has 2 rings (SSSR count). The summed E-state index contributed by atoms with van der Waals surface area (Å²) in [5, 5.41) is 6.87. The summed E-state index contributed by atoms with van der Waals surface area (Å²) in [5.74, 6) is 0. The van der Waals surface area contributed by atoms with Crippen LogP contribution in [0.2, 0.25) is 0 Å². The molecule has 1 saturated heterocycles. The van der Waals surface area contributed by atoms with Crippen molar-refractivity contribution in [3.8, 4) is 0 Å². The molecule has 13 heavy (non-hydrogen) atoms. The van der Waals surface area contributed by atoms with Crippen LogP contribution >= 0.6 is 0 Å². The molecule has 1 aliphatic rings. The second kappa shape index (κ2) is 4.44. The molecule has 0 radical (unpaired) electrons. The summed E-state index contributed by atoms with van der Waals surface area (Å²) >= 11 is 0. The van der Waals surface area contributed by atoms with Gasteiger partial charge in [-0.05, 0) is 32.0 Å². The van der Waals surface area contributed by atoms with E-state index in [2.05, 4.69) is 10.6 Å². The fourth-order valence-electron chi connectivity index (χ4n) is 1.68. The zero-order chi connectivity index (χ0) is 8.93. The molecule has 0 spiro atoms. The predicted molar refractivity (Wildman–Crippen MR) is 51.4 cm³/mol. The fourth-order valence-corrected chi connectivity index (χ4v) is 1.68. The van der Waals surface area contributed by atoms with Crippen molar-refractivity contribution in [3.05, 3.63) is 24.2 Å². The normalized spacial score (nSPS) is 19.1. The second-order valence-electron chi connectivity index (χ2n) is 3.54. The summed E-state index contributed by atoms with van der Waals surface area (Å²) < 4.78 is 5.00. The lowest BCUT2D eigenvalue weighted by Crippen LogP contribution is -2.39. The van der Waals surface area contributed by atoms with Crippen LogP contribution in [0.5, 0.6) is 0 Å². The molecule has 3 heteroatoms. The van der Waals surface area contributed by atoms with E-state index in [1.165, 1.54) is 18.4 Å². The Morgan fingerprint density at radius 1 is 1.46 bits per heavy atom. The first-order valence-corrected chi connectivity index (χ1v) is 4.90. The van der Waals surface area contributed by atoms with Gasteiger partial charge in [-0.1, -0.05) is 0 Å². The van der Waals surface area contributed by atoms with E-state index in [9.17, 15) is 0 Å². The number of rotatable bonds is 3. The van der Waals surface area contributed by atoms with Crippen LogP contribution in [0.15, 0.2) is 23.0 Å². The van der Waals surface area contributed by atoms with E-state index in [0.717, 1.165) is 19.6 Å². The van der Waals surface area contributed by atoms with Gasteiger partial charge < -0.3 is 15.1 Å². The third-order valence-corrected chi connectivity index (χ3v) is 2.51. The average molecular weight is 180 g/mol. The van der Waals surface area contributed by atoms with E-state index in [1.807, 2.05) is 6.07 Å². The highest BCUT2D eigenvalue weighted by Gasteiger charge is 2.11. The van der Waals surface area contributed by atoms with Crippen LogP contribution in [-0.4, -0.2) is 19.1 Å². The smallest absolute Gasteiger partial charge is 0.0947 e. The monoisotopic (exact) mass is 180 g/mol. The van der Waals surface area contributed by atoms with Gasteiger partial charge in [0.25, 0.3) is 0 Å². The van der Waals surface area contributed by atoms with Gasteiger partial charge in [0.05, 0.1) is 12.5 Å². The van der Waals surface area contributed by atoms with E-state index in [1.54, 1.807) is 12.5 Å². The molecule has 3 nitrogen and oxygen atoms in total. The summed E-state index contributed by atoms with van der Waals surface area (Å²) in [6, 6.07) is 2.69. The molecule has 0 aliphatic carbocycles. The van der Waals surface area contributed by atoms with E-state index >= 15 is 0 Å². The summed E-state index contributed by atoms with van der Waals surface area (Å²) in [6.07, 6.45) is 5.99. The first-order valence-electron chi connectivity index (χ1n) is 4.90. The molecule has 0 saturated carbocycles. The zero-order valence-electron chi connectivity index (χ0n) is 7.75. The molecule has 2 N–H and O–H groups in total. The van der Waals surface area contributed by atoms with Crippen molar-refractivity contribution < 1.29 is 4.42 Å². The Kier molecular flexibility index (Phi) is 3.00. The molecule has 1 fully saturated rings. The first-order chi connectivity index (χ1) is 6.45. The van der Waals surface area contributed by atoms with E-state index in [0.29, 0.717) is 6.04 Å². The molecule has 0 amide bonds. The van der Waals surface area contributed by atoms with Gasteiger partial charge in [-0.15, -0.1) is 0 Å². The average Bonchev–Trinajstić information content (AvgIpc) is 2.69. The van der Waals surface area contributed by atoms with E-state index in [4.69, 9.17) is 4.42 Å². The highest BCUT2D eigenvalue weighted by atomic mass is 16.3. The van der Waals surface area contributed by atoms with Gasteiger partial charge >= 0.3 is 0 Å². The molecule has 0 aromatic carbocycles. The van der Waals surface area contributed by atoms with Crippen molar-refractivity contribution in [3.63, 3.8) is 0 Å². The van der Waals surface area contributed by atoms with Crippen molar-refractivity contribution in [1.82, 2.24) is 10.6 Å². The SMILES string of the molecule is c1cc(CNC2CCNCC2)co1. The number of piperidine rings is 1. The molecule has 1 aromatic rings. The summed E-state index contributed by atoms with van der Waals surface area (Å²) in [4.78, 5) is 0. The van der Waals surface area contributed by atoms with E-state index < -0.39 is 0 Å². The second-order valence-corrected chi connectivity index (χ2v) is 3.54. The lowest BCUT2D eigenvalue weighted by molar-refractivity contribution is 0.386. The Bertz CT molecular complexity index is 227. The lowest BCUT2D eigenvalue weighted by atomic mass is 10.1. The van der Waals surface area contributed by atoms with Gasteiger partial charge in [-0.25, -0.2) is 0 Å². The molecular formula is C10H16N2O. The van der Waals surface area contributed by atoms with Crippen LogP contribution in [0.25, 0.3) is 0 Å². The molecule has 0 bridgehead atoms. The van der Waals surface area contributed by atoms with Crippen molar-refractivity contribution in [1.29, 1.82) is 0 Å². The van der Waals surface area contributed by atoms with Crippen LogP contribution < -0.4 is 10.6 Å². The van der Waals surface area contributed by atoms with Crippen molar-refractivity contribution in [2.45, 2.75) is 25.4 Å². The molecule has 2 heterocycles. The number of hydrogen-bond acceptors (Lipinski definition) is 3. The Balaban J connectivity index is 1.72. The number of nitrogens with one attached hydrogen (secondary N) is 2. The maximum absolute atomic E-state index is 5.00. The van der Waals surface area contributed by atoms with Gasteiger partial charge in [0, 0.05) is 18.2 Å². The highest BCUT2D eigenvalue weighted by Crippen LogP contribution is 2.05. The standard InChI is InChI=1S/C10H16N2O/c1-4-11-5-2-10(1)12-7-9-3-6-13-8-9/h3,6,8,10-12H,1-2,4-5,7H2. The van der Waals surface area contributed by atoms with Crippen molar-refractivity contribution in [2.75, 3.05) is 13.1 Å². The minimum absolute atomic E-state index is 0.677. The van der Waals surface area contributed by atoms with Crippen LogP contribution in [0.4, 0.5) is 0 Å². The Morgan fingerprint density at radius 3 is 3.00 bits per heavy atom. The quantitative estimate of drug-likeness (QED) is 0.732. The summed E-state index contributed by atoms with van der Waals surface area (Å²) in [7, 11) is 0. The Morgan fingerprint density at radius 2 is 2.31 bits per heavy atom. The minimum atomic E-state index is 0.677. The van der Waals surface area contributed by atoms with Crippen LogP contribution in [-0.2, 0) is 6.54 Å².